The Bertz CT molecular complexity index is 728. The first-order valence-corrected chi connectivity index (χ1v) is 9.73. The maximum absolute atomic E-state index is 12.6. The molecule has 8 heteroatoms. The average molecular weight is 338 g/mol. The fourth-order valence-corrected chi connectivity index (χ4v) is 6.01. The highest BCUT2D eigenvalue weighted by Gasteiger charge is 2.37. The summed E-state index contributed by atoms with van der Waals surface area (Å²) < 4.78 is 49.3. The molecule has 0 bridgehead atoms. The van der Waals surface area contributed by atoms with Crippen LogP contribution < -0.4 is 0 Å². The molecule has 1 fully saturated rings. The fourth-order valence-electron chi connectivity index (χ4n) is 2.28. The number of benzene rings is 1. The summed E-state index contributed by atoms with van der Waals surface area (Å²) in [6.07, 6.45) is 0.331. The first-order valence-electron chi connectivity index (χ1n) is 6.09. The first kappa shape index (κ1) is 15.8. The van der Waals surface area contributed by atoms with Gasteiger partial charge in [0.25, 0.3) is 0 Å². The van der Waals surface area contributed by atoms with E-state index >= 15 is 0 Å². The van der Waals surface area contributed by atoms with Gasteiger partial charge in [0, 0.05) is 18.1 Å². The number of rotatable bonds is 3. The lowest BCUT2D eigenvalue weighted by Crippen LogP contribution is -2.38. The normalized spacial score (nSPS) is 22.3. The smallest absolute Gasteiger partial charge is 0.229 e. The number of sulfone groups is 1. The van der Waals surface area contributed by atoms with E-state index in [0.717, 1.165) is 4.31 Å². The zero-order chi connectivity index (χ0) is 15.1. The molecule has 112 valence electrons. The third kappa shape index (κ3) is 2.86. The Kier molecular flexibility index (Phi) is 4.17. The summed E-state index contributed by atoms with van der Waals surface area (Å²) in [6.45, 7) is 1.63. The highest BCUT2D eigenvalue weighted by molar-refractivity contribution is 7.92. The molecule has 0 amide bonds. The van der Waals surface area contributed by atoms with Crippen molar-refractivity contribution in [1.29, 1.82) is 0 Å². The maximum atomic E-state index is 12.6. The second-order valence-electron chi connectivity index (χ2n) is 4.94. The summed E-state index contributed by atoms with van der Waals surface area (Å²) in [6, 6.07) is 4.16. The van der Waals surface area contributed by atoms with Crippen molar-refractivity contribution in [3.63, 3.8) is 0 Å². The van der Waals surface area contributed by atoms with Gasteiger partial charge in [-0.05, 0) is 31.0 Å². The Hall–Kier alpha value is -0.630. The third-order valence-corrected chi connectivity index (χ3v) is 7.81. The van der Waals surface area contributed by atoms with Crippen molar-refractivity contribution in [3.05, 3.63) is 28.8 Å². The highest BCUT2D eigenvalue weighted by Crippen LogP contribution is 2.28. The van der Waals surface area contributed by atoms with E-state index in [4.69, 9.17) is 11.6 Å². The minimum absolute atomic E-state index is 0.0338. The second kappa shape index (κ2) is 5.29. The minimum Gasteiger partial charge on any atom is -0.229 e. The molecule has 1 aliphatic heterocycles. The average Bonchev–Trinajstić information content (AvgIpc) is 2.71. The van der Waals surface area contributed by atoms with Crippen LogP contribution >= 0.6 is 11.6 Å². The summed E-state index contributed by atoms with van der Waals surface area (Å²) in [5, 5.41) is 0.374. The summed E-state index contributed by atoms with van der Waals surface area (Å²) in [7, 11) is -5.46. The molecule has 1 saturated heterocycles. The Morgan fingerprint density at radius 3 is 2.55 bits per heavy atom. The van der Waals surface area contributed by atoms with Crippen molar-refractivity contribution in [2.45, 2.75) is 24.3 Å². The van der Waals surface area contributed by atoms with E-state index in [1.54, 1.807) is 19.1 Å². The number of hydrogen-bond donors (Lipinski definition) is 0. The van der Waals surface area contributed by atoms with Gasteiger partial charge in [-0.3, -0.25) is 0 Å². The molecular weight excluding hydrogens is 322 g/mol. The van der Waals surface area contributed by atoms with Gasteiger partial charge in [-0.1, -0.05) is 17.7 Å². The van der Waals surface area contributed by atoms with Gasteiger partial charge in [0.05, 0.1) is 16.4 Å². The van der Waals surface area contributed by atoms with Crippen LogP contribution in [0.4, 0.5) is 0 Å². The van der Waals surface area contributed by atoms with Gasteiger partial charge >= 0.3 is 0 Å². The van der Waals surface area contributed by atoms with E-state index in [1.165, 1.54) is 13.1 Å². The molecule has 1 atom stereocenters. The van der Waals surface area contributed by atoms with E-state index in [2.05, 4.69) is 0 Å². The van der Waals surface area contributed by atoms with Crippen LogP contribution in [0.2, 0.25) is 5.02 Å². The molecule has 2 rings (SSSR count). The first-order chi connectivity index (χ1) is 9.15. The van der Waals surface area contributed by atoms with Gasteiger partial charge < -0.3 is 0 Å². The van der Waals surface area contributed by atoms with Gasteiger partial charge in [0.2, 0.25) is 10.0 Å². The fraction of sp³-hybridized carbons (Fsp3) is 0.500. The number of hydrogen-bond acceptors (Lipinski definition) is 4. The summed E-state index contributed by atoms with van der Waals surface area (Å²) in [5.74, 6) is -0.0889. The topological polar surface area (TPSA) is 71.5 Å². The quantitative estimate of drug-likeness (QED) is 0.837. The monoisotopic (exact) mass is 337 g/mol. The van der Waals surface area contributed by atoms with Crippen LogP contribution in [-0.2, 0) is 19.9 Å². The minimum atomic E-state index is -3.74. The van der Waals surface area contributed by atoms with E-state index in [-0.39, 0.29) is 16.4 Å². The zero-order valence-corrected chi connectivity index (χ0v) is 13.6. The van der Waals surface area contributed by atoms with Gasteiger partial charge in [-0.15, -0.1) is 0 Å². The van der Waals surface area contributed by atoms with Crippen LogP contribution in [0.1, 0.15) is 12.0 Å². The molecule has 1 unspecified atom stereocenters. The molecule has 1 aromatic carbocycles. The molecule has 0 aromatic heterocycles. The van der Waals surface area contributed by atoms with Crippen molar-refractivity contribution in [3.8, 4) is 0 Å². The SMILES string of the molecule is Cc1c(Cl)cccc1S(=O)(=O)N(C)C1CCS(=O)(=O)C1. The molecule has 1 aromatic rings. The van der Waals surface area contributed by atoms with Gasteiger partial charge in [-0.25, -0.2) is 16.8 Å². The largest absolute Gasteiger partial charge is 0.243 e. The van der Waals surface area contributed by atoms with E-state index in [9.17, 15) is 16.8 Å². The zero-order valence-electron chi connectivity index (χ0n) is 11.2. The van der Waals surface area contributed by atoms with Crippen molar-refractivity contribution in [2.75, 3.05) is 18.6 Å². The Labute approximate surface area is 124 Å². The molecule has 0 saturated carbocycles. The van der Waals surface area contributed by atoms with Crippen molar-refractivity contribution >= 4 is 31.5 Å². The van der Waals surface area contributed by atoms with Crippen LogP contribution in [0.5, 0.6) is 0 Å². The standard InChI is InChI=1S/C12H16ClNO4S2/c1-9-11(13)4-3-5-12(9)20(17,18)14(2)10-6-7-19(15,16)8-10/h3-5,10H,6-8H2,1-2H3. The number of halogens is 1. The van der Waals surface area contributed by atoms with Crippen molar-refractivity contribution in [1.82, 2.24) is 4.31 Å². The molecule has 1 aliphatic rings. The van der Waals surface area contributed by atoms with E-state index in [1.807, 2.05) is 0 Å². The lowest BCUT2D eigenvalue weighted by atomic mass is 10.2. The highest BCUT2D eigenvalue weighted by atomic mass is 35.5. The summed E-state index contributed by atoms with van der Waals surface area (Å²) >= 11 is 5.95. The Balaban J connectivity index is 2.38. The molecule has 5 nitrogen and oxygen atoms in total. The molecule has 0 spiro atoms. The molecule has 1 heterocycles. The van der Waals surface area contributed by atoms with Crippen LogP contribution in [0.15, 0.2) is 23.1 Å². The van der Waals surface area contributed by atoms with Gasteiger partial charge in [0.15, 0.2) is 9.84 Å². The third-order valence-electron chi connectivity index (χ3n) is 3.60. The van der Waals surface area contributed by atoms with Crippen molar-refractivity contribution in [2.24, 2.45) is 0 Å². The van der Waals surface area contributed by atoms with Gasteiger partial charge in [0.1, 0.15) is 0 Å². The van der Waals surface area contributed by atoms with Crippen LogP contribution in [0.25, 0.3) is 0 Å². The summed E-state index contributed by atoms with van der Waals surface area (Å²) in [4.78, 5) is 0.122. The number of sulfonamides is 1. The molecule has 0 aliphatic carbocycles. The van der Waals surface area contributed by atoms with Gasteiger partial charge in [-0.2, -0.15) is 4.31 Å². The van der Waals surface area contributed by atoms with E-state index < -0.39 is 25.9 Å². The molecule has 0 N–H and O–H groups in total. The molecule has 20 heavy (non-hydrogen) atoms. The lowest BCUT2D eigenvalue weighted by molar-refractivity contribution is 0.393. The molecular formula is C12H16ClNO4S2. The maximum Gasteiger partial charge on any atom is 0.243 e. The summed E-state index contributed by atoms with van der Waals surface area (Å²) in [5.41, 5.74) is 0.474. The van der Waals surface area contributed by atoms with Crippen molar-refractivity contribution < 1.29 is 16.8 Å². The Morgan fingerprint density at radius 1 is 1.35 bits per heavy atom. The predicted molar refractivity (Wildman–Crippen MR) is 78.2 cm³/mol. The molecule has 0 radical (unpaired) electrons. The predicted octanol–water partition coefficient (Wildman–Crippen LogP) is 1.46. The van der Waals surface area contributed by atoms with E-state index in [0.29, 0.717) is 17.0 Å². The van der Waals surface area contributed by atoms with Crippen LogP contribution in [-0.4, -0.2) is 45.7 Å². The second-order valence-corrected chi connectivity index (χ2v) is 9.54. The van der Waals surface area contributed by atoms with Crippen LogP contribution in [0.3, 0.4) is 0 Å². The Morgan fingerprint density at radius 2 is 2.00 bits per heavy atom. The lowest BCUT2D eigenvalue weighted by Gasteiger charge is -2.23. The number of nitrogens with zero attached hydrogens (tertiary/aromatic N) is 1. The van der Waals surface area contributed by atoms with Crippen LogP contribution in [0, 0.1) is 6.92 Å².